The molecule has 7 nitrogen and oxygen atoms in total. The molecule has 1 N–H and O–H groups in total. The molecular formula is C17H15N3O4S. The van der Waals surface area contributed by atoms with Crippen LogP contribution in [0.4, 0.5) is 10.7 Å². The second-order valence-electron chi connectivity index (χ2n) is 5.62. The number of hydrogen-bond donors (Lipinski definition) is 1. The Labute approximate surface area is 148 Å². The third kappa shape index (κ3) is 3.19. The van der Waals surface area contributed by atoms with Gasteiger partial charge in [0.2, 0.25) is 0 Å². The zero-order valence-corrected chi connectivity index (χ0v) is 14.3. The van der Waals surface area contributed by atoms with Crippen LogP contribution in [0.15, 0.2) is 18.2 Å². The number of aryl methyl sites for hydroxylation is 1. The van der Waals surface area contributed by atoms with E-state index in [1.165, 1.54) is 36.6 Å². The molecule has 2 aromatic rings. The van der Waals surface area contributed by atoms with Gasteiger partial charge in [0.25, 0.3) is 5.91 Å². The highest BCUT2D eigenvalue weighted by atomic mass is 32.1. The fraction of sp³-hybridized carbons (Fsp3) is 0.294. The van der Waals surface area contributed by atoms with Crippen molar-refractivity contribution in [3.63, 3.8) is 0 Å². The molecule has 25 heavy (non-hydrogen) atoms. The number of methoxy groups -OCH3 is 1. The molecule has 0 aliphatic heterocycles. The van der Waals surface area contributed by atoms with Gasteiger partial charge in [-0.3, -0.25) is 14.9 Å². The SMILES string of the molecule is COc1ccc(C(=O)Nc2sc3c(c2C#N)CCCC3)cc1[N+](=O)[O-]. The number of nitro benzene ring substituents is 1. The third-order valence-electron chi connectivity index (χ3n) is 4.15. The average Bonchev–Trinajstić information content (AvgIpc) is 2.97. The van der Waals surface area contributed by atoms with Crippen LogP contribution in [0.1, 0.15) is 39.2 Å². The molecule has 0 radical (unpaired) electrons. The van der Waals surface area contributed by atoms with Gasteiger partial charge >= 0.3 is 5.69 Å². The van der Waals surface area contributed by atoms with Crippen LogP contribution >= 0.6 is 11.3 Å². The fourth-order valence-corrected chi connectivity index (χ4v) is 4.16. The van der Waals surface area contributed by atoms with Crippen molar-refractivity contribution in [3.05, 3.63) is 49.9 Å². The van der Waals surface area contributed by atoms with Crippen molar-refractivity contribution in [2.75, 3.05) is 12.4 Å². The van der Waals surface area contributed by atoms with Crippen LogP contribution < -0.4 is 10.1 Å². The van der Waals surface area contributed by atoms with Crippen LogP contribution in [0.2, 0.25) is 0 Å². The molecule has 0 unspecified atom stereocenters. The quantitative estimate of drug-likeness (QED) is 0.664. The lowest BCUT2D eigenvalue weighted by Gasteiger charge is -2.09. The van der Waals surface area contributed by atoms with Crippen LogP contribution in [0.5, 0.6) is 5.75 Å². The van der Waals surface area contributed by atoms with Gasteiger partial charge in [-0.05, 0) is 43.4 Å². The van der Waals surface area contributed by atoms with E-state index < -0.39 is 10.8 Å². The van der Waals surface area contributed by atoms with Crippen molar-refractivity contribution in [2.24, 2.45) is 0 Å². The van der Waals surface area contributed by atoms with E-state index in [-0.39, 0.29) is 17.0 Å². The van der Waals surface area contributed by atoms with E-state index in [2.05, 4.69) is 11.4 Å². The molecule has 0 spiro atoms. The molecule has 8 heteroatoms. The van der Waals surface area contributed by atoms with E-state index in [0.29, 0.717) is 10.6 Å². The number of nitrogens with one attached hydrogen (secondary N) is 1. The maximum absolute atomic E-state index is 12.5. The molecule has 1 aromatic carbocycles. The van der Waals surface area contributed by atoms with Crippen molar-refractivity contribution >= 4 is 27.9 Å². The second kappa shape index (κ2) is 6.91. The number of nitrogens with zero attached hydrogens (tertiary/aromatic N) is 2. The number of thiophene rings is 1. The van der Waals surface area contributed by atoms with Gasteiger partial charge in [0, 0.05) is 16.5 Å². The van der Waals surface area contributed by atoms with Crippen LogP contribution in [0, 0.1) is 21.4 Å². The maximum Gasteiger partial charge on any atom is 0.311 e. The number of carbonyl (C=O) groups is 1. The van der Waals surface area contributed by atoms with Gasteiger partial charge in [-0.15, -0.1) is 11.3 Å². The summed E-state index contributed by atoms with van der Waals surface area (Å²) in [5.41, 5.74) is 1.40. The van der Waals surface area contributed by atoms with E-state index in [1.807, 2.05) is 0 Å². The first-order valence-corrected chi connectivity index (χ1v) is 8.55. The van der Waals surface area contributed by atoms with Gasteiger partial charge in [-0.25, -0.2) is 0 Å². The Morgan fingerprint density at radius 3 is 2.84 bits per heavy atom. The van der Waals surface area contributed by atoms with E-state index in [0.717, 1.165) is 36.1 Å². The maximum atomic E-state index is 12.5. The number of benzene rings is 1. The minimum atomic E-state index is -0.597. The number of nitriles is 1. The molecule has 0 saturated heterocycles. The van der Waals surface area contributed by atoms with Crippen molar-refractivity contribution < 1.29 is 14.5 Å². The standard InChI is InChI=1S/C17H15N3O4S/c1-24-14-7-6-10(8-13(14)20(22)23)16(21)19-17-12(9-18)11-4-2-3-5-15(11)25-17/h6-8H,2-5H2,1H3,(H,19,21). The Morgan fingerprint density at radius 2 is 2.16 bits per heavy atom. The number of anilines is 1. The highest BCUT2D eigenvalue weighted by molar-refractivity contribution is 7.16. The lowest BCUT2D eigenvalue weighted by atomic mass is 9.96. The van der Waals surface area contributed by atoms with Crippen molar-refractivity contribution in [1.82, 2.24) is 0 Å². The second-order valence-corrected chi connectivity index (χ2v) is 6.73. The summed E-state index contributed by atoms with van der Waals surface area (Å²) in [5, 5.41) is 23.8. The smallest absolute Gasteiger partial charge is 0.311 e. The molecule has 128 valence electrons. The summed E-state index contributed by atoms with van der Waals surface area (Å²) < 4.78 is 4.94. The summed E-state index contributed by atoms with van der Waals surface area (Å²) in [5.74, 6) is -0.397. The van der Waals surface area contributed by atoms with Gasteiger partial charge in [-0.1, -0.05) is 0 Å². The largest absolute Gasteiger partial charge is 0.490 e. The van der Waals surface area contributed by atoms with Crippen LogP contribution in [-0.2, 0) is 12.8 Å². The van der Waals surface area contributed by atoms with E-state index in [9.17, 15) is 20.2 Å². The van der Waals surface area contributed by atoms with E-state index >= 15 is 0 Å². The van der Waals surface area contributed by atoms with Crippen LogP contribution in [0.25, 0.3) is 0 Å². The number of ether oxygens (including phenoxy) is 1. The Kier molecular flexibility index (Phi) is 4.67. The molecular weight excluding hydrogens is 342 g/mol. The number of rotatable bonds is 4. The lowest BCUT2D eigenvalue weighted by molar-refractivity contribution is -0.385. The normalized spacial score (nSPS) is 12.8. The first-order chi connectivity index (χ1) is 12.0. The minimum absolute atomic E-state index is 0.0888. The summed E-state index contributed by atoms with van der Waals surface area (Å²) in [6.07, 6.45) is 3.88. The molecule has 1 aromatic heterocycles. The molecule has 0 atom stereocenters. The molecule has 1 aliphatic carbocycles. The number of amides is 1. The number of hydrogen-bond acceptors (Lipinski definition) is 6. The zero-order chi connectivity index (χ0) is 18.0. The summed E-state index contributed by atoms with van der Waals surface area (Å²) in [4.78, 5) is 24.1. The van der Waals surface area contributed by atoms with Crippen molar-refractivity contribution in [1.29, 1.82) is 5.26 Å². The fourth-order valence-electron chi connectivity index (χ4n) is 2.92. The Bertz CT molecular complexity index is 898. The summed E-state index contributed by atoms with van der Waals surface area (Å²) in [6, 6.07) is 6.20. The van der Waals surface area contributed by atoms with E-state index in [4.69, 9.17) is 4.74 Å². The highest BCUT2D eigenvalue weighted by Gasteiger charge is 2.23. The summed E-state index contributed by atoms with van der Waals surface area (Å²) >= 11 is 1.41. The van der Waals surface area contributed by atoms with Crippen molar-refractivity contribution in [2.45, 2.75) is 25.7 Å². The first kappa shape index (κ1) is 16.9. The monoisotopic (exact) mass is 357 g/mol. The molecule has 1 aliphatic rings. The number of carbonyl (C=O) groups excluding carboxylic acids is 1. The summed E-state index contributed by atoms with van der Waals surface area (Å²) in [7, 11) is 1.33. The lowest BCUT2D eigenvalue weighted by Crippen LogP contribution is -2.12. The van der Waals surface area contributed by atoms with Crippen LogP contribution in [0.3, 0.4) is 0 Å². The van der Waals surface area contributed by atoms with Gasteiger partial charge < -0.3 is 10.1 Å². The zero-order valence-electron chi connectivity index (χ0n) is 13.5. The van der Waals surface area contributed by atoms with E-state index in [1.54, 1.807) is 0 Å². The molecule has 3 rings (SSSR count). The van der Waals surface area contributed by atoms with Gasteiger partial charge in [0.05, 0.1) is 17.6 Å². The van der Waals surface area contributed by atoms with Crippen LogP contribution in [-0.4, -0.2) is 17.9 Å². The number of nitro groups is 1. The molecule has 1 heterocycles. The highest BCUT2D eigenvalue weighted by Crippen LogP contribution is 2.38. The molecule has 0 saturated carbocycles. The number of fused-ring (bicyclic) bond motifs is 1. The Hall–Kier alpha value is -2.92. The molecule has 0 fully saturated rings. The van der Waals surface area contributed by atoms with Crippen molar-refractivity contribution in [3.8, 4) is 11.8 Å². The van der Waals surface area contributed by atoms with Gasteiger partial charge in [-0.2, -0.15) is 5.26 Å². The predicted octanol–water partition coefficient (Wildman–Crippen LogP) is 3.67. The molecule has 1 amide bonds. The Balaban J connectivity index is 1.91. The minimum Gasteiger partial charge on any atom is -0.490 e. The Morgan fingerprint density at radius 1 is 1.40 bits per heavy atom. The predicted molar refractivity (Wildman–Crippen MR) is 93.3 cm³/mol. The first-order valence-electron chi connectivity index (χ1n) is 7.73. The topological polar surface area (TPSA) is 105 Å². The average molecular weight is 357 g/mol. The summed E-state index contributed by atoms with van der Waals surface area (Å²) in [6.45, 7) is 0. The molecule has 0 bridgehead atoms. The van der Waals surface area contributed by atoms with Gasteiger partial charge in [0.1, 0.15) is 11.1 Å². The third-order valence-corrected chi connectivity index (χ3v) is 5.36. The van der Waals surface area contributed by atoms with Gasteiger partial charge in [0.15, 0.2) is 5.75 Å².